The number of nitrogens with one attached hydrogen (secondary N) is 2. The van der Waals surface area contributed by atoms with Crippen LogP contribution in [0.1, 0.15) is 29.0 Å². The second-order valence-electron chi connectivity index (χ2n) is 5.77. The third-order valence-corrected chi connectivity index (χ3v) is 3.87. The molecule has 1 atom stereocenters. The molecule has 0 radical (unpaired) electrons. The number of carbonyl (C=O) groups excluding carboxylic acids is 1. The van der Waals surface area contributed by atoms with E-state index < -0.39 is 0 Å². The van der Waals surface area contributed by atoms with Gasteiger partial charge in [-0.15, -0.1) is 0 Å². The number of amides is 1. The number of rotatable bonds is 5. The molecular formula is C16H25N3O. The van der Waals surface area contributed by atoms with Crippen LogP contribution < -0.4 is 10.6 Å². The summed E-state index contributed by atoms with van der Waals surface area (Å²) in [6.45, 7) is 5.45. The summed E-state index contributed by atoms with van der Waals surface area (Å²) in [6.07, 6.45) is 0.986. The Hall–Kier alpha value is -1.39. The summed E-state index contributed by atoms with van der Waals surface area (Å²) < 4.78 is 0. The molecule has 1 heterocycles. The van der Waals surface area contributed by atoms with E-state index in [9.17, 15) is 4.79 Å². The lowest BCUT2D eigenvalue weighted by Gasteiger charge is -2.27. The van der Waals surface area contributed by atoms with Gasteiger partial charge in [0.05, 0.1) is 5.92 Å². The van der Waals surface area contributed by atoms with E-state index in [1.165, 1.54) is 16.7 Å². The van der Waals surface area contributed by atoms with Crippen molar-refractivity contribution in [1.82, 2.24) is 15.5 Å². The SMILES string of the molecule is Cc1cccc2c1CNCC2C(=O)NCCCN(C)C. The van der Waals surface area contributed by atoms with Crippen LogP contribution in [-0.2, 0) is 11.3 Å². The van der Waals surface area contributed by atoms with Crippen molar-refractivity contribution in [3.63, 3.8) is 0 Å². The molecule has 1 aromatic carbocycles. The second kappa shape index (κ2) is 6.86. The van der Waals surface area contributed by atoms with Crippen molar-refractivity contribution in [3.05, 3.63) is 34.9 Å². The van der Waals surface area contributed by atoms with Gasteiger partial charge in [0.25, 0.3) is 0 Å². The van der Waals surface area contributed by atoms with Crippen molar-refractivity contribution < 1.29 is 4.79 Å². The smallest absolute Gasteiger partial charge is 0.228 e. The zero-order valence-electron chi connectivity index (χ0n) is 12.7. The average Bonchev–Trinajstić information content (AvgIpc) is 2.43. The fourth-order valence-electron chi connectivity index (χ4n) is 2.71. The summed E-state index contributed by atoms with van der Waals surface area (Å²) in [4.78, 5) is 14.5. The van der Waals surface area contributed by atoms with Crippen LogP contribution in [0, 0.1) is 6.92 Å². The minimum Gasteiger partial charge on any atom is -0.355 e. The Morgan fingerprint density at radius 1 is 1.45 bits per heavy atom. The molecule has 1 aromatic rings. The van der Waals surface area contributed by atoms with Crippen molar-refractivity contribution in [2.75, 3.05) is 33.7 Å². The largest absolute Gasteiger partial charge is 0.355 e. The predicted octanol–water partition coefficient (Wildman–Crippen LogP) is 1.25. The topological polar surface area (TPSA) is 44.4 Å². The minimum atomic E-state index is -0.0574. The van der Waals surface area contributed by atoms with Crippen LogP contribution in [0.2, 0.25) is 0 Å². The lowest BCUT2D eigenvalue weighted by molar-refractivity contribution is -0.122. The first-order valence-corrected chi connectivity index (χ1v) is 7.31. The Balaban J connectivity index is 1.97. The summed E-state index contributed by atoms with van der Waals surface area (Å²) in [5, 5.41) is 6.41. The van der Waals surface area contributed by atoms with Crippen molar-refractivity contribution in [2.45, 2.75) is 25.8 Å². The van der Waals surface area contributed by atoms with Crippen LogP contribution >= 0.6 is 0 Å². The highest BCUT2D eigenvalue weighted by Crippen LogP contribution is 2.26. The average molecular weight is 275 g/mol. The van der Waals surface area contributed by atoms with Crippen molar-refractivity contribution in [1.29, 1.82) is 0 Å². The molecule has 0 saturated heterocycles. The van der Waals surface area contributed by atoms with Crippen LogP contribution in [0.25, 0.3) is 0 Å². The first-order chi connectivity index (χ1) is 9.59. The minimum absolute atomic E-state index is 0.0574. The number of hydrogen-bond acceptors (Lipinski definition) is 3. The maximum Gasteiger partial charge on any atom is 0.228 e. The molecule has 4 heteroatoms. The van der Waals surface area contributed by atoms with E-state index in [4.69, 9.17) is 0 Å². The molecule has 1 unspecified atom stereocenters. The van der Waals surface area contributed by atoms with Gasteiger partial charge in [-0.3, -0.25) is 4.79 Å². The van der Waals surface area contributed by atoms with Crippen molar-refractivity contribution in [2.24, 2.45) is 0 Å². The fourth-order valence-corrected chi connectivity index (χ4v) is 2.71. The molecule has 110 valence electrons. The molecule has 20 heavy (non-hydrogen) atoms. The highest BCUT2D eigenvalue weighted by Gasteiger charge is 2.26. The summed E-state index contributed by atoms with van der Waals surface area (Å²) in [5.74, 6) is 0.0841. The zero-order chi connectivity index (χ0) is 14.5. The molecule has 2 rings (SSSR count). The molecule has 0 aromatic heterocycles. The van der Waals surface area contributed by atoms with Gasteiger partial charge in [-0.1, -0.05) is 18.2 Å². The molecule has 2 N–H and O–H groups in total. The molecular weight excluding hydrogens is 250 g/mol. The first-order valence-electron chi connectivity index (χ1n) is 7.31. The van der Waals surface area contributed by atoms with E-state index in [1.807, 2.05) is 20.2 Å². The molecule has 0 fully saturated rings. The predicted molar refractivity (Wildman–Crippen MR) is 81.8 cm³/mol. The summed E-state index contributed by atoms with van der Waals surface area (Å²) >= 11 is 0. The number of carbonyl (C=O) groups is 1. The van der Waals surface area contributed by atoms with Crippen LogP contribution in [-0.4, -0.2) is 44.5 Å². The first kappa shape index (κ1) is 15.0. The number of benzene rings is 1. The molecule has 0 spiro atoms. The van der Waals surface area contributed by atoms with Crippen LogP contribution in [0.15, 0.2) is 18.2 Å². The molecule has 0 saturated carbocycles. The highest BCUT2D eigenvalue weighted by atomic mass is 16.1. The number of nitrogens with zero attached hydrogens (tertiary/aromatic N) is 1. The van der Waals surface area contributed by atoms with Gasteiger partial charge >= 0.3 is 0 Å². The van der Waals surface area contributed by atoms with Crippen molar-refractivity contribution >= 4 is 5.91 Å². The molecule has 1 aliphatic heterocycles. The van der Waals surface area contributed by atoms with E-state index >= 15 is 0 Å². The Bertz CT molecular complexity index is 471. The third-order valence-electron chi connectivity index (χ3n) is 3.87. The van der Waals surface area contributed by atoms with Crippen molar-refractivity contribution in [3.8, 4) is 0 Å². The second-order valence-corrected chi connectivity index (χ2v) is 5.77. The fraction of sp³-hybridized carbons (Fsp3) is 0.562. The normalized spacial score (nSPS) is 17.9. The number of aryl methyl sites for hydroxylation is 1. The molecule has 0 bridgehead atoms. The monoisotopic (exact) mass is 275 g/mol. The van der Waals surface area contributed by atoms with Gasteiger partial charge in [0.1, 0.15) is 0 Å². The number of fused-ring (bicyclic) bond motifs is 1. The lowest BCUT2D eigenvalue weighted by atomic mass is 9.88. The Labute approximate surface area is 121 Å². The Morgan fingerprint density at radius 3 is 3.00 bits per heavy atom. The van der Waals surface area contributed by atoms with Gasteiger partial charge in [0.2, 0.25) is 5.91 Å². The zero-order valence-corrected chi connectivity index (χ0v) is 12.7. The van der Waals surface area contributed by atoms with E-state index in [1.54, 1.807) is 0 Å². The summed E-state index contributed by atoms with van der Waals surface area (Å²) in [5.41, 5.74) is 3.74. The third kappa shape index (κ3) is 3.58. The number of hydrogen-bond donors (Lipinski definition) is 2. The Kier molecular flexibility index (Phi) is 5.15. The maximum absolute atomic E-state index is 12.4. The van der Waals surface area contributed by atoms with Gasteiger partial charge in [-0.2, -0.15) is 0 Å². The maximum atomic E-state index is 12.4. The van der Waals surface area contributed by atoms with Crippen LogP contribution in [0.3, 0.4) is 0 Å². The molecule has 0 aliphatic carbocycles. The van der Waals surface area contributed by atoms with Gasteiger partial charge < -0.3 is 15.5 Å². The van der Waals surface area contributed by atoms with Gasteiger partial charge in [0, 0.05) is 19.6 Å². The van der Waals surface area contributed by atoms with Gasteiger partial charge in [-0.25, -0.2) is 0 Å². The summed E-state index contributed by atoms with van der Waals surface area (Å²) in [6, 6.07) is 6.25. The molecule has 1 amide bonds. The Morgan fingerprint density at radius 2 is 2.25 bits per heavy atom. The molecule has 1 aliphatic rings. The summed E-state index contributed by atoms with van der Waals surface area (Å²) in [7, 11) is 4.10. The lowest BCUT2D eigenvalue weighted by Crippen LogP contribution is -2.39. The van der Waals surface area contributed by atoms with Crippen LogP contribution in [0.5, 0.6) is 0 Å². The van der Waals surface area contributed by atoms with E-state index in [0.29, 0.717) is 0 Å². The van der Waals surface area contributed by atoms with E-state index in [-0.39, 0.29) is 11.8 Å². The highest BCUT2D eigenvalue weighted by molar-refractivity contribution is 5.84. The van der Waals surface area contributed by atoms with Gasteiger partial charge in [-0.05, 0) is 50.7 Å². The van der Waals surface area contributed by atoms with Gasteiger partial charge in [0.15, 0.2) is 0 Å². The quantitative estimate of drug-likeness (QED) is 0.795. The van der Waals surface area contributed by atoms with E-state index in [0.717, 1.165) is 32.6 Å². The van der Waals surface area contributed by atoms with Crippen LogP contribution in [0.4, 0.5) is 0 Å². The van der Waals surface area contributed by atoms with E-state index in [2.05, 4.69) is 34.6 Å². The molecule has 4 nitrogen and oxygen atoms in total. The standard InChI is InChI=1S/C16H25N3O/c1-12-6-4-7-13-14(12)10-17-11-15(13)16(20)18-8-5-9-19(2)3/h4,6-7,15,17H,5,8-11H2,1-3H3,(H,18,20).